The van der Waals surface area contributed by atoms with E-state index >= 15 is 0 Å². The lowest BCUT2D eigenvalue weighted by atomic mass is 10.3. The first-order valence-electron chi connectivity index (χ1n) is 9.49. The average Bonchev–Trinajstić information content (AvgIpc) is 3.32. The Labute approximate surface area is 194 Å². The Balaban J connectivity index is 1.57. The zero-order chi connectivity index (χ0) is 22.4. The highest BCUT2D eigenvalue weighted by atomic mass is 79.9. The highest BCUT2D eigenvalue weighted by Gasteiger charge is 2.37. The van der Waals surface area contributed by atoms with Gasteiger partial charge in [0.05, 0.1) is 20.9 Å². The summed E-state index contributed by atoms with van der Waals surface area (Å²) in [6.07, 6.45) is 0. The molecule has 31 heavy (non-hydrogen) atoms. The lowest BCUT2D eigenvalue weighted by Crippen LogP contribution is -2.50. The molecule has 0 unspecified atom stereocenters. The fourth-order valence-corrected chi connectivity index (χ4v) is 9.03. The van der Waals surface area contributed by atoms with Crippen molar-refractivity contribution in [3.63, 3.8) is 0 Å². The molecule has 1 fully saturated rings. The predicted molar refractivity (Wildman–Crippen MR) is 123 cm³/mol. The van der Waals surface area contributed by atoms with Gasteiger partial charge in [-0.3, -0.25) is 0 Å². The number of hydrogen-bond donors (Lipinski definition) is 0. The van der Waals surface area contributed by atoms with Gasteiger partial charge < -0.3 is 0 Å². The maximum absolute atomic E-state index is 13.4. The molecule has 8 nitrogen and oxygen atoms in total. The summed E-state index contributed by atoms with van der Waals surface area (Å²) in [6, 6.07) is 12.6. The van der Waals surface area contributed by atoms with Crippen LogP contribution in [0.1, 0.15) is 11.4 Å². The first-order valence-corrected chi connectivity index (χ1v) is 14.0. The van der Waals surface area contributed by atoms with Crippen LogP contribution >= 0.6 is 27.3 Å². The molecule has 0 amide bonds. The molecule has 0 aliphatic carbocycles. The molecule has 3 heterocycles. The summed E-state index contributed by atoms with van der Waals surface area (Å²) in [5.74, 6) is 0. The molecular formula is C19H21BrN4O4S3. The topological polar surface area (TPSA) is 92.6 Å². The summed E-state index contributed by atoms with van der Waals surface area (Å²) in [5.41, 5.74) is 1.73. The Kier molecular flexibility index (Phi) is 6.14. The molecule has 1 saturated heterocycles. The largest absolute Gasteiger partial charge is 0.252 e. The van der Waals surface area contributed by atoms with Crippen molar-refractivity contribution < 1.29 is 16.8 Å². The van der Waals surface area contributed by atoms with Gasteiger partial charge in [0.1, 0.15) is 9.10 Å². The van der Waals surface area contributed by atoms with Gasteiger partial charge in [-0.15, -0.1) is 11.3 Å². The van der Waals surface area contributed by atoms with E-state index in [9.17, 15) is 16.8 Å². The molecule has 12 heteroatoms. The first-order chi connectivity index (χ1) is 14.6. The van der Waals surface area contributed by atoms with E-state index in [1.165, 1.54) is 8.61 Å². The molecular weight excluding hydrogens is 524 g/mol. The van der Waals surface area contributed by atoms with Gasteiger partial charge in [-0.2, -0.15) is 13.7 Å². The maximum atomic E-state index is 13.4. The normalized spacial score (nSPS) is 16.6. The van der Waals surface area contributed by atoms with Crippen molar-refractivity contribution in [1.82, 2.24) is 18.4 Å². The number of piperazine rings is 1. The quantitative estimate of drug-likeness (QED) is 0.492. The number of para-hydroxylation sites is 1. The SMILES string of the molecule is Cc1nn(-c2ccccc2)c(C)c1S(=O)(=O)N1CCN(S(=O)(=O)c2ccc(Br)s2)CC1. The number of sulfonamides is 2. The van der Waals surface area contributed by atoms with Gasteiger partial charge in [0.2, 0.25) is 10.0 Å². The van der Waals surface area contributed by atoms with Crippen molar-refractivity contribution >= 4 is 47.3 Å². The van der Waals surface area contributed by atoms with Gasteiger partial charge in [0, 0.05) is 26.2 Å². The van der Waals surface area contributed by atoms with Crippen molar-refractivity contribution in [2.24, 2.45) is 0 Å². The Bertz CT molecular complexity index is 1310. The molecule has 0 saturated carbocycles. The van der Waals surface area contributed by atoms with E-state index in [0.29, 0.717) is 11.4 Å². The van der Waals surface area contributed by atoms with Crippen LogP contribution in [0.4, 0.5) is 0 Å². The summed E-state index contributed by atoms with van der Waals surface area (Å²) >= 11 is 4.42. The smallest absolute Gasteiger partial charge is 0.236 e. The van der Waals surface area contributed by atoms with Crippen molar-refractivity contribution in [2.45, 2.75) is 23.0 Å². The number of nitrogens with zero attached hydrogens (tertiary/aromatic N) is 4. The summed E-state index contributed by atoms with van der Waals surface area (Å²) < 4.78 is 57.7. The molecule has 0 N–H and O–H groups in total. The third kappa shape index (κ3) is 4.12. The zero-order valence-electron chi connectivity index (χ0n) is 16.9. The second-order valence-corrected chi connectivity index (χ2v) is 13.6. The van der Waals surface area contributed by atoms with E-state index in [0.717, 1.165) is 20.8 Å². The fraction of sp³-hybridized carbons (Fsp3) is 0.316. The van der Waals surface area contributed by atoms with Crippen molar-refractivity contribution in [3.8, 4) is 5.69 Å². The molecule has 0 spiro atoms. The standard InChI is InChI=1S/C19H21BrN4O4S3/c1-14-19(15(2)24(21-14)16-6-4-3-5-7-16)31(27,28)23-12-10-22(11-13-23)30(25,26)18-9-8-17(20)29-18/h3-9H,10-13H2,1-2H3. The highest BCUT2D eigenvalue weighted by molar-refractivity contribution is 9.11. The molecule has 0 radical (unpaired) electrons. The lowest BCUT2D eigenvalue weighted by Gasteiger charge is -2.33. The van der Waals surface area contributed by atoms with E-state index in [1.54, 1.807) is 30.7 Å². The van der Waals surface area contributed by atoms with Crippen LogP contribution in [0.5, 0.6) is 0 Å². The summed E-state index contributed by atoms with van der Waals surface area (Å²) in [6.45, 7) is 3.78. The average molecular weight is 546 g/mol. The van der Waals surface area contributed by atoms with Crippen molar-refractivity contribution in [3.05, 3.63) is 57.6 Å². The van der Waals surface area contributed by atoms with E-state index in [2.05, 4.69) is 21.0 Å². The minimum absolute atomic E-state index is 0.0868. The number of aryl methyl sites for hydroxylation is 1. The Hall–Kier alpha value is -1.57. The highest BCUT2D eigenvalue weighted by Crippen LogP contribution is 2.30. The molecule has 4 rings (SSSR count). The molecule has 0 atom stereocenters. The van der Waals surface area contributed by atoms with Crippen LogP contribution in [0.2, 0.25) is 0 Å². The van der Waals surface area contributed by atoms with Crippen LogP contribution in [0.15, 0.2) is 55.4 Å². The minimum Gasteiger partial charge on any atom is -0.236 e. The Morgan fingerprint density at radius 2 is 1.45 bits per heavy atom. The number of halogens is 1. The number of rotatable bonds is 5. The van der Waals surface area contributed by atoms with Crippen LogP contribution in [-0.2, 0) is 20.0 Å². The molecule has 1 aliphatic rings. The van der Waals surface area contributed by atoms with E-state index in [1.807, 2.05) is 30.3 Å². The van der Waals surface area contributed by atoms with Crippen molar-refractivity contribution in [2.75, 3.05) is 26.2 Å². The molecule has 1 aliphatic heterocycles. The van der Waals surface area contributed by atoms with Gasteiger partial charge in [0.25, 0.3) is 10.0 Å². The fourth-order valence-electron chi connectivity index (χ4n) is 3.67. The maximum Gasteiger partial charge on any atom is 0.252 e. The van der Waals surface area contributed by atoms with Gasteiger partial charge >= 0.3 is 0 Å². The van der Waals surface area contributed by atoms with Crippen LogP contribution in [-0.4, -0.2) is 61.4 Å². The Morgan fingerprint density at radius 1 is 0.871 bits per heavy atom. The second kappa shape index (κ2) is 8.41. The molecule has 0 bridgehead atoms. The molecule has 2 aromatic heterocycles. The molecule has 3 aromatic rings. The zero-order valence-corrected chi connectivity index (χ0v) is 20.9. The molecule has 166 valence electrons. The monoisotopic (exact) mass is 544 g/mol. The summed E-state index contributed by atoms with van der Waals surface area (Å²) in [5, 5.41) is 4.44. The van der Waals surface area contributed by atoms with Crippen LogP contribution < -0.4 is 0 Å². The van der Waals surface area contributed by atoms with Gasteiger partial charge in [-0.25, -0.2) is 21.5 Å². The number of hydrogen-bond acceptors (Lipinski definition) is 6. The Morgan fingerprint density at radius 3 is 2.00 bits per heavy atom. The van der Waals surface area contributed by atoms with E-state index in [-0.39, 0.29) is 35.3 Å². The third-order valence-corrected chi connectivity index (χ3v) is 11.3. The van der Waals surface area contributed by atoms with Crippen LogP contribution in [0.3, 0.4) is 0 Å². The number of aromatic nitrogens is 2. The van der Waals surface area contributed by atoms with E-state index in [4.69, 9.17) is 0 Å². The lowest BCUT2D eigenvalue weighted by molar-refractivity contribution is 0.273. The van der Waals surface area contributed by atoms with Crippen LogP contribution in [0.25, 0.3) is 5.69 Å². The predicted octanol–water partition coefficient (Wildman–Crippen LogP) is 3.01. The number of benzene rings is 1. The van der Waals surface area contributed by atoms with Gasteiger partial charge in [-0.05, 0) is 54.0 Å². The van der Waals surface area contributed by atoms with Crippen molar-refractivity contribution in [1.29, 1.82) is 0 Å². The third-order valence-electron chi connectivity index (χ3n) is 5.16. The van der Waals surface area contributed by atoms with Gasteiger partial charge in [0.15, 0.2) is 0 Å². The minimum atomic E-state index is -3.82. The van der Waals surface area contributed by atoms with Crippen LogP contribution in [0, 0.1) is 13.8 Å². The molecule has 1 aromatic carbocycles. The van der Waals surface area contributed by atoms with E-state index < -0.39 is 20.0 Å². The summed E-state index contributed by atoms with van der Waals surface area (Å²) in [4.78, 5) is 0.176. The first kappa shape index (κ1) is 22.6. The van der Waals surface area contributed by atoms with Gasteiger partial charge in [-0.1, -0.05) is 18.2 Å². The second-order valence-electron chi connectivity index (χ2n) is 7.11. The summed E-state index contributed by atoms with van der Waals surface area (Å²) in [7, 11) is -7.46. The number of thiophene rings is 1.